The van der Waals surface area contributed by atoms with E-state index in [2.05, 4.69) is 4.98 Å². The number of carboxylic acid groups (broad SMARTS) is 1. The fourth-order valence-corrected chi connectivity index (χ4v) is 0.960. The Kier molecular flexibility index (Phi) is 4.94. The van der Waals surface area contributed by atoms with Gasteiger partial charge in [0.25, 0.3) is 0 Å². The van der Waals surface area contributed by atoms with E-state index in [-0.39, 0.29) is 18.8 Å². The molecule has 78 valence electrons. The highest BCUT2D eigenvalue weighted by atomic mass is 35.5. The van der Waals surface area contributed by atoms with Crippen LogP contribution in [0.4, 0.5) is 5.82 Å². The number of anilines is 1. The van der Waals surface area contributed by atoms with Gasteiger partial charge in [-0.15, -0.1) is 12.4 Å². The van der Waals surface area contributed by atoms with Gasteiger partial charge in [0.1, 0.15) is 5.82 Å². The second kappa shape index (κ2) is 5.44. The molecule has 1 aromatic heterocycles. The van der Waals surface area contributed by atoms with Gasteiger partial charge in [0.2, 0.25) is 0 Å². The maximum atomic E-state index is 10.3. The van der Waals surface area contributed by atoms with Gasteiger partial charge in [-0.1, -0.05) is 6.07 Å². The average Bonchev–Trinajstić information content (AvgIpc) is 2.04. The van der Waals surface area contributed by atoms with Gasteiger partial charge in [-0.25, -0.2) is 4.98 Å². The molecule has 0 fully saturated rings. The van der Waals surface area contributed by atoms with Crippen LogP contribution < -0.4 is 4.90 Å². The number of aromatic nitrogens is 1. The first-order valence-electron chi connectivity index (χ1n) is 3.93. The highest BCUT2D eigenvalue weighted by molar-refractivity contribution is 5.85. The van der Waals surface area contributed by atoms with E-state index in [1.54, 1.807) is 18.3 Å². The Hall–Kier alpha value is -1.29. The number of halogens is 1. The van der Waals surface area contributed by atoms with Gasteiger partial charge in [0.15, 0.2) is 0 Å². The number of carbonyl (C=O) groups is 1. The SMILES string of the molecule is CN(C)c1ccc(CC(=O)O)cn1.Cl. The van der Waals surface area contributed by atoms with E-state index >= 15 is 0 Å². The number of rotatable bonds is 3. The summed E-state index contributed by atoms with van der Waals surface area (Å²) in [6, 6.07) is 3.58. The van der Waals surface area contributed by atoms with Crippen molar-refractivity contribution in [3.8, 4) is 0 Å². The lowest BCUT2D eigenvalue weighted by Crippen LogP contribution is -2.10. The lowest BCUT2D eigenvalue weighted by molar-refractivity contribution is -0.136. The fraction of sp³-hybridized carbons (Fsp3) is 0.333. The summed E-state index contributed by atoms with van der Waals surface area (Å²) in [5.41, 5.74) is 0.720. The molecule has 0 aromatic carbocycles. The maximum Gasteiger partial charge on any atom is 0.307 e. The van der Waals surface area contributed by atoms with Gasteiger partial charge < -0.3 is 10.0 Å². The molecule has 0 amide bonds. The van der Waals surface area contributed by atoms with Gasteiger partial charge in [0.05, 0.1) is 6.42 Å². The van der Waals surface area contributed by atoms with Crippen molar-refractivity contribution in [1.29, 1.82) is 0 Å². The van der Waals surface area contributed by atoms with E-state index in [1.807, 2.05) is 19.0 Å². The van der Waals surface area contributed by atoms with Gasteiger partial charge in [-0.2, -0.15) is 0 Å². The zero-order valence-electron chi connectivity index (χ0n) is 8.10. The molecule has 0 aliphatic heterocycles. The van der Waals surface area contributed by atoms with Crippen LogP contribution in [0.5, 0.6) is 0 Å². The molecule has 1 aromatic rings. The molecule has 0 atom stereocenters. The number of hydrogen-bond donors (Lipinski definition) is 1. The van der Waals surface area contributed by atoms with E-state index in [0.29, 0.717) is 0 Å². The Morgan fingerprint density at radius 3 is 2.50 bits per heavy atom. The Balaban J connectivity index is 0.00000169. The molecule has 0 bridgehead atoms. The molecule has 0 radical (unpaired) electrons. The third-order valence-electron chi connectivity index (χ3n) is 1.62. The first-order valence-corrected chi connectivity index (χ1v) is 3.93. The lowest BCUT2D eigenvalue weighted by atomic mass is 10.2. The molecule has 0 saturated carbocycles. The van der Waals surface area contributed by atoms with E-state index in [0.717, 1.165) is 11.4 Å². The highest BCUT2D eigenvalue weighted by Crippen LogP contribution is 2.07. The lowest BCUT2D eigenvalue weighted by Gasteiger charge is -2.10. The second-order valence-corrected chi connectivity index (χ2v) is 2.99. The quantitative estimate of drug-likeness (QED) is 0.825. The third kappa shape index (κ3) is 3.62. The molecule has 1 rings (SSSR count). The molecule has 0 aliphatic rings. The summed E-state index contributed by atoms with van der Waals surface area (Å²) < 4.78 is 0. The van der Waals surface area contributed by atoms with E-state index in [9.17, 15) is 4.79 Å². The number of hydrogen-bond acceptors (Lipinski definition) is 3. The largest absolute Gasteiger partial charge is 0.481 e. The summed E-state index contributed by atoms with van der Waals surface area (Å²) in [5.74, 6) is -0.00598. The Labute approximate surface area is 89.0 Å². The second-order valence-electron chi connectivity index (χ2n) is 2.99. The van der Waals surface area contributed by atoms with Crippen molar-refractivity contribution in [2.75, 3.05) is 19.0 Å². The molecule has 0 saturated heterocycles. The first-order chi connectivity index (χ1) is 6.09. The third-order valence-corrected chi connectivity index (χ3v) is 1.62. The summed E-state index contributed by atoms with van der Waals surface area (Å²) in [5, 5.41) is 8.51. The standard InChI is InChI=1S/C9H12N2O2.ClH/c1-11(2)8-4-3-7(6-10-8)5-9(12)13;/h3-4,6H,5H2,1-2H3,(H,12,13);1H. The predicted molar refractivity (Wildman–Crippen MR) is 57.2 cm³/mol. The highest BCUT2D eigenvalue weighted by Gasteiger charge is 2.01. The summed E-state index contributed by atoms with van der Waals surface area (Å²) in [6.45, 7) is 0. The summed E-state index contributed by atoms with van der Waals surface area (Å²) in [4.78, 5) is 16.3. The molecule has 0 unspecified atom stereocenters. The van der Waals surface area contributed by atoms with Crippen molar-refractivity contribution >= 4 is 24.2 Å². The van der Waals surface area contributed by atoms with Crippen molar-refractivity contribution < 1.29 is 9.90 Å². The first kappa shape index (κ1) is 12.7. The molecule has 1 heterocycles. The van der Waals surface area contributed by atoms with Gasteiger partial charge in [-0.05, 0) is 11.6 Å². The van der Waals surface area contributed by atoms with Crippen LogP contribution in [0.1, 0.15) is 5.56 Å². The smallest absolute Gasteiger partial charge is 0.307 e. The minimum Gasteiger partial charge on any atom is -0.481 e. The zero-order chi connectivity index (χ0) is 9.84. The van der Waals surface area contributed by atoms with Crippen LogP contribution in [0.2, 0.25) is 0 Å². The summed E-state index contributed by atoms with van der Waals surface area (Å²) in [7, 11) is 3.78. The van der Waals surface area contributed by atoms with Crippen LogP contribution >= 0.6 is 12.4 Å². The Morgan fingerprint density at radius 1 is 1.50 bits per heavy atom. The molecule has 1 N–H and O–H groups in total. The van der Waals surface area contributed by atoms with Crippen molar-refractivity contribution in [2.45, 2.75) is 6.42 Å². The molecule has 14 heavy (non-hydrogen) atoms. The van der Waals surface area contributed by atoms with Crippen LogP contribution in [0.25, 0.3) is 0 Å². The number of nitrogens with zero attached hydrogens (tertiary/aromatic N) is 2. The van der Waals surface area contributed by atoms with Crippen LogP contribution in [0.3, 0.4) is 0 Å². The van der Waals surface area contributed by atoms with E-state index in [4.69, 9.17) is 5.11 Å². The average molecular weight is 217 g/mol. The van der Waals surface area contributed by atoms with Crippen LogP contribution in [-0.4, -0.2) is 30.2 Å². The summed E-state index contributed by atoms with van der Waals surface area (Å²) >= 11 is 0. The van der Waals surface area contributed by atoms with Crippen LogP contribution in [-0.2, 0) is 11.2 Å². The van der Waals surface area contributed by atoms with Crippen molar-refractivity contribution in [1.82, 2.24) is 4.98 Å². The van der Waals surface area contributed by atoms with E-state index < -0.39 is 5.97 Å². The molecule has 0 aliphatic carbocycles. The normalized spacial score (nSPS) is 9.00. The summed E-state index contributed by atoms with van der Waals surface area (Å²) in [6.07, 6.45) is 1.62. The Morgan fingerprint density at radius 2 is 2.14 bits per heavy atom. The molecule has 4 nitrogen and oxygen atoms in total. The minimum absolute atomic E-state index is 0. The van der Waals surface area contributed by atoms with Crippen molar-refractivity contribution in [3.63, 3.8) is 0 Å². The molecule has 0 spiro atoms. The maximum absolute atomic E-state index is 10.3. The van der Waals surface area contributed by atoms with Gasteiger partial charge in [0, 0.05) is 20.3 Å². The van der Waals surface area contributed by atoms with Crippen molar-refractivity contribution in [2.24, 2.45) is 0 Å². The van der Waals surface area contributed by atoms with Gasteiger partial charge >= 0.3 is 5.97 Å². The van der Waals surface area contributed by atoms with Crippen LogP contribution in [0.15, 0.2) is 18.3 Å². The minimum atomic E-state index is -0.834. The Bertz CT molecular complexity index is 298. The van der Waals surface area contributed by atoms with Crippen LogP contribution in [0, 0.1) is 0 Å². The molecular weight excluding hydrogens is 204 g/mol. The van der Waals surface area contributed by atoms with E-state index in [1.165, 1.54) is 0 Å². The van der Waals surface area contributed by atoms with Gasteiger partial charge in [-0.3, -0.25) is 4.79 Å². The predicted octanol–water partition coefficient (Wildman–Crippen LogP) is 1.20. The molecular formula is C9H13ClN2O2. The topological polar surface area (TPSA) is 53.4 Å². The van der Waals surface area contributed by atoms with Crippen molar-refractivity contribution in [3.05, 3.63) is 23.9 Å². The zero-order valence-corrected chi connectivity index (χ0v) is 8.91. The number of pyridine rings is 1. The number of aliphatic carboxylic acids is 1. The number of carboxylic acids is 1. The monoisotopic (exact) mass is 216 g/mol. The molecule has 5 heteroatoms. The fourth-order valence-electron chi connectivity index (χ4n) is 0.960.